The summed E-state index contributed by atoms with van der Waals surface area (Å²) < 4.78 is 5.43. The van der Waals surface area contributed by atoms with Crippen molar-refractivity contribution < 1.29 is 4.74 Å². The van der Waals surface area contributed by atoms with Crippen molar-refractivity contribution in [2.45, 2.75) is 25.9 Å². The molecule has 2 atom stereocenters. The first-order valence-corrected chi connectivity index (χ1v) is 5.88. The molecule has 0 aliphatic carbocycles. The van der Waals surface area contributed by atoms with Crippen LogP contribution in [0.2, 0.25) is 0 Å². The minimum absolute atomic E-state index is 0.108. The van der Waals surface area contributed by atoms with Crippen LogP contribution >= 0.6 is 0 Å². The molecule has 1 fully saturated rings. The standard InChI is InChI=1S/C13H20N2O/c1-10-9-16-8-7-15(10)13-5-3-12(4-6-13)11(2)14/h3-6,10-11H,7-9,14H2,1-2H3/t10?,11-/m1/s1. The van der Waals surface area contributed by atoms with Crippen molar-refractivity contribution in [1.29, 1.82) is 0 Å². The van der Waals surface area contributed by atoms with E-state index in [1.807, 2.05) is 6.92 Å². The first kappa shape index (κ1) is 11.4. The molecule has 0 aromatic heterocycles. The zero-order chi connectivity index (χ0) is 11.5. The highest BCUT2D eigenvalue weighted by molar-refractivity contribution is 5.49. The fourth-order valence-electron chi connectivity index (χ4n) is 2.08. The number of nitrogens with two attached hydrogens (primary N) is 1. The third-order valence-corrected chi connectivity index (χ3v) is 3.12. The number of benzene rings is 1. The van der Waals surface area contributed by atoms with Gasteiger partial charge in [0.1, 0.15) is 0 Å². The zero-order valence-electron chi connectivity index (χ0n) is 10.0. The molecular weight excluding hydrogens is 200 g/mol. The van der Waals surface area contributed by atoms with E-state index in [-0.39, 0.29) is 6.04 Å². The van der Waals surface area contributed by atoms with Gasteiger partial charge in [-0.25, -0.2) is 0 Å². The second-order valence-electron chi connectivity index (χ2n) is 4.50. The van der Waals surface area contributed by atoms with E-state index in [9.17, 15) is 0 Å². The van der Waals surface area contributed by atoms with Gasteiger partial charge in [-0.1, -0.05) is 12.1 Å². The lowest BCUT2D eigenvalue weighted by atomic mass is 10.1. The van der Waals surface area contributed by atoms with Crippen LogP contribution in [-0.4, -0.2) is 25.8 Å². The van der Waals surface area contributed by atoms with Gasteiger partial charge in [-0.05, 0) is 31.5 Å². The van der Waals surface area contributed by atoms with Crippen molar-refractivity contribution in [3.05, 3.63) is 29.8 Å². The Morgan fingerprint density at radius 2 is 2.06 bits per heavy atom. The van der Waals surface area contributed by atoms with Gasteiger partial charge in [-0.15, -0.1) is 0 Å². The molecule has 3 nitrogen and oxygen atoms in total. The molecule has 0 saturated carbocycles. The number of hydrogen-bond acceptors (Lipinski definition) is 3. The van der Waals surface area contributed by atoms with Gasteiger partial charge in [0.25, 0.3) is 0 Å². The molecule has 1 aromatic rings. The third-order valence-electron chi connectivity index (χ3n) is 3.12. The molecule has 1 aliphatic rings. The fraction of sp³-hybridized carbons (Fsp3) is 0.538. The summed E-state index contributed by atoms with van der Waals surface area (Å²) in [6, 6.07) is 9.09. The Labute approximate surface area is 97.2 Å². The Kier molecular flexibility index (Phi) is 3.46. The molecule has 2 N–H and O–H groups in total. The normalized spacial score (nSPS) is 23.2. The first-order chi connectivity index (χ1) is 7.68. The van der Waals surface area contributed by atoms with Crippen LogP contribution in [0.5, 0.6) is 0 Å². The molecular formula is C13H20N2O. The molecule has 3 heteroatoms. The molecule has 1 heterocycles. The lowest BCUT2D eigenvalue weighted by Gasteiger charge is -2.35. The van der Waals surface area contributed by atoms with Gasteiger partial charge in [0.05, 0.1) is 13.2 Å². The second-order valence-corrected chi connectivity index (χ2v) is 4.50. The second kappa shape index (κ2) is 4.85. The predicted molar refractivity (Wildman–Crippen MR) is 66.7 cm³/mol. The molecule has 0 spiro atoms. The number of ether oxygens (including phenoxy) is 1. The molecule has 2 rings (SSSR count). The summed E-state index contributed by atoms with van der Waals surface area (Å²) in [6.45, 7) is 6.80. The van der Waals surface area contributed by atoms with Crippen LogP contribution in [0.4, 0.5) is 5.69 Å². The number of morpholine rings is 1. The van der Waals surface area contributed by atoms with Gasteiger partial charge in [0.15, 0.2) is 0 Å². The Hall–Kier alpha value is -1.06. The van der Waals surface area contributed by atoms with Gasteiger partial charge >= 0.3 is 0 Å². The molecule has 0 bridgehead atoms. The van der Waals surface area contributed by atoms with Crippen molar-refractivity contribution in [2.24, 2.45) is 5.73 Å². The highest BCUT2D eigenvalue weighted by Crippen LogP contribution is 2.21. The van der Waals surface area contributed by atoms with Gasteiger partial charge in [-0.2, -0.15) is 0 Å². The number of hydrogen-bond donors (Lipinski definition) is 1. The summed E-state index contributed by atoms with van der Waals surface area (Å²) in [5.41, 5.74) is 8.28. The Balaban J connectivity index is 2.14. The highest BCUT2D eigenvalue weighted by atomic mass is 16.5. The van der Waals surface area contributed by atoms with Crippen LogP contribution in [0.15, 0.2) is 24.3 Å². The summed E-state index contributed by atoms with van der Waals surface area (Å²) in [7, 11) is 0. The van der Waals surface area contributed by atoms with Crippen LogP contribution in [0.3, 0.4) is 0 Å². The summed E-state index contributed by atoms with van der Waals surface area (Å²) in [6.07, 6.45) is 0. The van der Waals surface area contributed by atoms with E-state index in [1.54, 1.807) is 0 Å². The molecule has 1 unspecified atom stereocenters. The minimum atomic E-state index is 0.108. The highest BCUT2D eigenvalue weighted by Gasteiger charge is 2.18. The van der Waals surface area contributed by atoms with E-state index < -0.39 is 0 Å². The van der Waals surface area contributed by atoms with Crippen molar-refractivity contribution in [3.63, 3.8) is 0 Å². The van der Waals surface area contributed by atoms with E-state index in [0.29, 0.717) is 6.04 Å². The zero-order valence-corrected chi connectivity index (χ0v) is 10.0. The Morgan fingerprint density at radius 1 is 1.38 bits per heavy atom. The van der Waals surface area contributed by atoms with Crippen LogP contribution in [-0.2, 0) is 4.74 Å². The maximum absolute atomic E-state index is 5.84. The minimum Gasteiger partial charge on any atom is -0.377 e. The molecule has 1 saturated heterocycles. The van der Waals surface area contributed by atoms with E-state index >= 15 is 0 Å². The van der Waals surface area contributed by atoms with Crippen LogP contribution < -0.4 is 10.6 Å². The maximum Gasteiger partial charge on any atom is 0.0668 e. The quantitative estimate of drug-likeness (QED) is 0.827. The summed E-state index contributed by atoms with van der Waals surface area (Å²) >= 11 is 0. The smallest absolute Gasteiger partial charge is 0.0668 e. The van der Waals surface area contributed by atoms with E-state index in [0.717, 1.165) is 19.8 Å². The van der Waals surface area contributed by atoms with E-state index in [1.165, 1.54) is 11.3 Å². The summed E-state index contributed by atoms with van der Waals surface area (Å²) in [5, 5.41) is 0. The number of nitrogens with zero attached hydrogens (tertiary/aromatic N) is 1. The lowest BCUT2D eigenvalue weighted by molar-refractivity contribution is 0.0989. The molecule has 0 radical (unpaired) electrons. The van der Waals surface area contributed by atoms with Crippen molar-refractivity contribution in [3.8, 4) is 0 Å². The van der Waals surface area contributed by atoms with Gasteiger partial charge in [0, 0.05) is 24.3 Å². The fourth-order valence-corrected chi connectivity index (χ4v) is 2.08. The average molecular weight is 220 g/mol. The van der Waals surface area contributed by atoms with Crippen LogP contribution in [0, 0.1) is 0 Å². The number of rotatable bonds is 2. The van der Waals surface area contributed by atoms with Crippen molar-refractivity contribution in [2.75, 3.05) is 24.7 Å². The lowest BCUT2D eigenvalue weighted by Crippen LogP contribution is -2.43. The number of anilines is 1. The molecule has 88 valence electrons. The van der Waals surface area contributed by atoms with Crippen LogP contribution in [0.1, 0.15) is 25.5 Å². The van der Waals surface area contributed by atoms with Crippen LogP contribution in [0.25, 0.3) is 0 Å². The van der Waals surface area contributed by atoms with Gasteiger partial charge in [0.2, 0.25) is 0 Å². The maximum atomic E-state index is 5.84. The van der Waals surface area contributed by atoms with Crippen molar-refractivity contribution >= 4 is 5.69 Å². The third kappa shape index (κ3) is 2.36. The van der Waals surface area contributed by atoms with E-state index in [2.05, 4.69) is 36.1 Å². The van der Waals surface area contributed by atoms with Gasteiger partial charge in [-0.3, -0.25) is 0 Å². The van der Waals surface area contributed by atoms with Crippen molar-refractivity contribution in [1.82, 2.24) is 0 Å². The summed E-state index contributed by atoms with van der Waals surface area (Å²) in [5.74, 6) is 0. The molecule has 1 aliphatic heterocycles. The molecule has 16 heavy (non-hydrogen) atoms. The summed E-state index contributed by atoms with van der Waals surface area (Å²) in [4.78, 5) is 2.38. The molecule has 0 amide bonds. The predicted octanol–water partition coefficient (Wildman–Crippen LogP) is 1.93. The SMILES string of the molecule is CC1COCCN1c1ccc([C@@H](C)N)cc1. The Morgan fingerprint density at radius 3 is 2.62 bits per heavy atom. The molecule has 1 aromatic carbocycles. The topological polar surface area (TPSA) is 38.5 Å². The Bertz CT molecular complexity index is 334. The monoisotopic (exact) mass is 220 g/mol. The first-order valence-electron chi connectivity index (χ1n) is 5.88. The van der Waals surface area contributed by atoms with E-state index in [4.69, 9.17) is 10.5 Å². The van der Waals surface area contributed by atoms with Gasteiger partial charge < -0.3 is 15.4 Å². The largest absolute Gasteiger partial charge is 0.377 e. The average Bonchev–Trinajstić information content (AvgIpc) is 2.30.